The molecule has 0 saturated heterocycles. The van der Waals surface area contributed by atoms with E-state index in [1.54, 1.807) is 16.7 Å². The van der Waals surface area contributed by atoms with Crippen LogP contribution in [0, 0.1) is 5.82 Å². The van der Waals surface area contributed by atoms with Crippen LogP contribution in [-0.2, 0) is 6.42 Å². The van der Waals surface area contributed by atoms with Gasteiger partial charge < -0.3 is 10.1 Å². The average Bonchev–Trinajstić information content (AvgIpc) is 2.47. The highest BCUT2D eigenvalue weighted by Gasteiger charge is 2.04. The molecular weight excluding hydrogens is 201 g/mol. The molecule has 0 saturated carbocycles. The molecule has 0 atom stereocenters. The quantitative estimate of drug-likeness (QED) is 0.758. The van der Waals surface area contributed by atoms with Gasteiger partial charge in [-0.2, -0.15) is 0 Å². The van der Waals surface area contributed by atoms with Gasteiger partial charge in [-0.05, 0) is 12.1 Å². The summed E-state index contributed by atoms with van der Waals surface area (Å²) < 4.78 is 14.6. The third-order valence-corrected chi connectivity index (χ3v) is 2.05. The highest BCUT2D eigenvalue weighted by molar-refractivity contribution is 7.80. The molecule has 72 valence electrons. The zero-order valence-corrected chi connectivity index (χ0v) is 8.09. The number of nitrogens with two attached hydrogens (primary N) is 1. The molecule has 0 spiro atoms. The highest BCUT2D eigenvalue weighted by Crippen LogP contribution is 2.08. The molecule has 2 heterocycles. The standard InChI is InChI=1S/C9H8FN3S/c10-6-1-2-9-12-4-7(3-8(11)14)13(9)5-6/h1-2,4-5H,3H2,(H2,11,14). The Labute approximate surface area is 85.4 Å². The summed E-state index contributed by atoms with van der Waals surface area (Å²) in [5.74, 6) is -0.306. The molecule has 2 aromatic rings. The molecule has 0 aliphatic heterocycles. The maximum absolute atomic E-state index is 12.9. The van der Waals surface area contributed by atoms with Crippen LogP contribution in [0.4, 0.5) is 4.39 Å². The molecule has 0 bridgehead atoms. The fourth-order valence-electron chi connectivity index (χ4n) is 1.31. The normalized spacial score (nSPS) is 10.6. The lowest BCUT2D eigenvalue weighted by atomic mass is 10.3. The molecule has 0 aliphatic rings. The van der Waals surface area contributed by atoms with Crippen molar-refractivity contribution in [3.05, 3.63) is 36.0 Å². The van der Waals surface area contributed by atoms with Crippen molar-refractivity contribution >= 4 is 22.9 Å². The van der Waals surface area contributed by atoms with Crippen LogP contribution in [0.5, 0.6) is 0 Å². The van der Waals surface area contributed by atoms with Crippen LogP contribution < -0.4 is 5.73 Å². The lowest BCUT2D eigenvalue weighted by Gasteiger charge is -1.99. The van der Waals surface area contributed by atoms with Gasteiger partial charge >= 0.3 is 0 Å². The third-order valence-electron chi connectivity index (χ3n) is 1.90. The van der Waals surface area contributed by atoms with Crippen molar-refractivity contribution in [3.8, 4) is 0 Å². The summed E-state index contributed by atoms with van der Waals surface area (Å²) >= 11 is 4.78. The van der Waals surface area contributed by atoms with Crippen LogP contribution in [0.25, 0.3) is 5.65 Å². The number of rotatable bonds is 2. The molecule has 2 aromatic heterocycles. The molecular formula is C9H8FN3S. The zero-order valence-electron chi connectivity index (χ0n) is 7.27. The van der Waals surface area contributed by atoms with E-state index in [1.807, 2.05) is 0 Å². The SMILES string of the molecule is NC(=S)Cc1cnc2ccc(F)cn12. The minimum Gasteiger partial charge on any atom is -0.393 e. The van der Waals surface area contributed by atoms with E-state index in [-0.39, 0.29) is 5.82 Å². The molecule has 0 aromatic carbocycles. The van der Waals surface area contributed by atoms with Gasteiger partial charge in [0.15, 0.2) is 0 Å². The first-order valence-electron chi connectivity index (χ1n) is 4.06. The van der Waals surface area contributed by atoms with E-state index in [0.717, 1.165) is 5.69 Å². The molecule has 2 N–H and O–H groups in total. The van der Waals surface area contributed by atoms with Crippen molar-refractivity contribution in [2.45, 2.75) is 6.42 Å². The summed E-state index contributed by atoms with van der Waals surface area (Å²) in [6.45, 7) is 0. The first-order valence-corrected chi connectivity index (χ1v) is 4.47. The molecule has 0 unspecified atom stereocenters. The smallest absolute Gasteiger partial charge is 0.139 e. The predicted octanol–water partition coefficient (Wildman–Crippen LogP) is 1.30. The maximum Gasteiger partial charge on any atom is 0.139 e. The van der Waals surface area contributed by atoms with Crippen molar-refractivity contribution in [2.24, 2.45) is 5.73 Å². The van der Waals surface area contributed by atoms with E-state index < -0.39 is 0 Å². The number of fused-ring (bicyclic) bond motifs is 1. The third kappa shape index (κ3) is 1.58. The van der Waals surface area contributed by atoms with Crippen molar-refractivity contribution in [1.82, 2.24) is 9.38 Å². The molecule has 3 nitrogen and oxygen atoms in total. The lowest BCUT2D eigenvalue weighted by molar-refractivity contribution is 0.618. The van der Waals surface area contributed by atoms with Crippen molar-refractivity contribution < 1.29 is 4.39 Å². The Hall–Kier alpha value is -1.49. The first-order chi connectivity index (χ1) is 6.66. The minimum absolute atomic E-state index is 0.306. The monoisotopic (exact) mass is 209 g/mol. The van der Waals surface area contributed by atoms with E-state index in [1.165, 1.54) is 12.3 Å². The Morgan fingerprint density at radius 1 is 1.57 bits per heavy atom. The number of hydrogen-bond donors (Lipinski definition) is 1. The van der Waals surface area contributed by atoms with Crippen LogP contribution in [0.3, 0.4) is 0 Å². The number of hydrogen-bond acceptors (Lipinski definition) is 2. The van der Waals surface area contributed by atoms with Gasteiger partial charge in [-0.1, -0.05) is 12.2 Å². The van der Waals surface area contributed by atoms with Crippen LogP contribution in [0.1, 0.15) is 5.69 Å². The van der Waals surface area contributed by atoms with Gasteiger partial charge in [-0.15, -0.1) is 0 Å². The highest BCUT2D eigenvalue weighted by atomic mass is 32.1. The predicted molar refractivity (Wildman–Crippen MR) is 55.6 cm³/mol. The summed E-state index contributed by atoms with van der Waals surface area (Å²) in [7, 11) is 0. The number of aromatic nitrogens is 2. The molecule has 0 aliphatic carbocycles. The van der Waals surface area contributed by atoms with Crippen LogP contribution >= 0.6 is 12.2 Å². The Bertz CT molecular complexity index is 492. The largest absolute Gasteiger partial charge is 0.393 e. The van der Waals surface area contributed by atoms with Gasteiger partial charge in [0, 0.05) is 24.5 Å². The number of pyridine rings is 1. The van der Waals surface area contributed by atoms with Crippen molar-refractivity contribution in [3.63, 3.8) is 0 Å². The van der Waals surface area contributed by atoms with E-state index >= 15 is 0 Å². The van der Waals surface area contributed by atoms with Crippen LogP contribution in [0.2, 0.25) is 0 Å². The summed E-state index contributed by atoms with van der Waals surface area (Å²) in [5, 5.41) is 0. The zero-order chi connectivity index (χ0) is 10.1. The molecule has 0 radical (unpaired) electrons. The summed E-state index contributed by atoms with van der Waals surface area (Å²) in [4.78, 5) is 4.47. The van der Waals surface area contributed by atoms with E-state index in [0.29, 0.717) is 17.1 Å². The molecule has 0 fully saturated rings. The second kappa shape index (κ2) is 3.34. The summed E-state index contributed by atoms with van der Waals surface area (Å²) in [6, 6.07) is 2.98. The number of nitrogens with zero attached hydrogens (tertiary/aromatic N) is 2. The molecule has 5 heteroatoms. The maximum atomic E-state index is 12.9. The van der Waals surface area contributed by atoms with Gasteiger partial charge in [-0.25, -0.2) is 9.37 Å². The van der Waals surface area contributed by atoms with Crippen molar-refractivity contribution in [2.75, 3.05) is 0 Å². The second-order valence-corrected chi connectivity index (χ2v) is 3.49. The van der Waals surface area contributed by atoms with Crippen LogP contribution in [0.15, 0.2) is 24.5 Å². The summed E-state index contributed by atoms with van der Waals surface area (Å²) in [5.41, 5.74) is 6.90. The Balaban J connectivity index is 2.55. The lowest BCUT2D eigenvalue weighted by Crippen LogP contribution is -2.12. The van der Waals surface area contributed by atoms with Crippen molar-refractivity contribution in [1.29, 1.82) is 0 Å². The number of imidazole rings is 1. The van der Waals surface area contributed by atoms with Gasteiger partial charge in [0.25, 0.3) is 0 Å². The Kier molecular flexibility index (Phi) is 2.17. The average molecular weight is 209 g/mol. The van der Waals surface area contributed by atoms with Gasteiger partial charge in [0.1, 0.15) is 11.5 Å². The Morgan fingerprint density at radius 3 is 3.07 bits per heavy atom. The molecule has 0 amide bonds. The topological polar surface area (TPSA) is 43.3 Å². The molecule has 2 rings (SSSR count). The summed E-state index contributed by atoms with van der Waals surface area (Å²) in [6.07, 6.45) is 3.45. The minimum atomic E-state index is -0.306. The number of halogens is 1. The number of thiocarbonyl (C=S) groups is 1. The first kappa shape index (κ1) is 9.08. The molecule has 14 heavy (non-hydrogen) atoms. The fraction of sp³-hybridized carbons (Fsp3) is 0.111. The van der Waals surface area contributed by atoms with E-state index in [4.69, 9.17) is 18.0 Å². The van der Waals surface area contributed by atoms with E-state index in [9.17, 15) is 4.39 Å². The van der Waals surface area contributed by atoms with Gasteiger partial charge in [0.05, 0.1) is 4.99 Å². The van der Waals surface area contributed by atoms with E-state index in [2.05, 4.69) is 4.98 Å². The fourth-order valence-corrected chi connectivity index (χ4v) is 1.46. The second-order valence-electron chi connectivity index (χ2n) is 2.97. The van der Waals surface area contributed by atoms with Crippen LogP contribution in [-0.4, -0.2) is 14.4 Å². The van der Waals surface area contributed by atoms with Gasteiger partial charge in [-0.3, -0.25) is 0 Å². The Morgan fingerprint density at radius 2 is 2.36 bits per heavy atom. The van der Waals surface area contributed by atoms with Gasteiger partial charge in [0.2, 0.25) is 0 Å².